The van der Waals surface area contributed by atoms with E-state index >= 15 is 0 Å². The van der Waals surface area contributed by atoms with E-state index in [1.54, 1.807) is 41.5 Å². The lowest BCUT2D eigenvalue weighted by atomic mass is 10.1. The smallest absolute Gasteiger partial charge is 0.426 e. The summed E-state index contributed by atoms with van der Waals surface area (Å²) >= 11 is 0. The number of amides is 3. The van der Waals surface area contributed by atoms with Gasteiger partial charge in [0.2, 0.25) is 0 Å². The van der Waals surface area contributed by atoms with E-state index in [4.69, 9.17) is 9.47 Å². The van der Waals surface area contributed by atoms with Crippen molar-refractivity contribution in [2.24, 2.45) is 0 Å². The normalized spacial score (nSPS) is 12.2. The minimum absolute atomic E-state index is 0.114. The zero-order valence-corrected chi connectivity index (χ0v) is 18.8. The van der Waals surface area contributed by atoms with Crippen molar-refractivity contribution in [3.63, 3.8) is 0 Å². The average Bonchev–Trinajstić information content (AvgIpc) is 2.56. The Labute approximate surface area is 184 Å². The van der Waals surface area contributed by atoms with E-state index in [0.717, 1.165) is 17.1 Å². The summed E-state index contributed by atoms with van der Waals surface area (Å²) in [5.74, 6) is -0.723. The van der Waals surface area contributed by atoms with E-state index < -0.39 is 47.6 Å². The molecule has 180 valence electrons. The van der Waals surface area contributed by atoms with Crippen LogP contribution in [0.1, 0.15) is 52.7 Å². The lowest BCUT2D eigenvalue weighted by molar-refractivity contribution is -0.137. The molecule has 0 spiro atoms. The van der Waals surface area contributed by atoms with Gasteiger partial charge in [-0.25, -0.2) is 20.0 Å². The van der Waals surface area contributed by atoms with E-state index in [0.29, 0.717) is 5.56 Å². The number of alkyl halides is 3. The molecule has 0 aliphatic carbocycles. The second-order valence-electron chi connectivity index (χ2n) is 8.84. The fourth-order valence-corrected chi connectivity index (χ4v) is 2.22. The minimum atomic E-state index is -4.49. The van der Waals surface area contributed by atoms with Gasteiger partial charge < -0.3 is 9.47 Å². The Hall–Kier alpha value is -3.02. The van der Waals surface area contributed by atoms with E-state index in [-0.39, 0.29) is 6.54 Å². The van der Waals surface area contributed by atoms with E-state index in [9.17, 15) is 27.6 Å². The third kappa shape index (κ3) is 11.4. The van der Waals surface area contributed by atoms with Crippen LogP contribution in [0.4, 0.5) is 22.8 Å². The summed E-state index contributed by atoms with van der Waals surface area (Å²) in [5, 5.41) is 1.13. The van der Waals surface area contributed by atoms with Gasteiger partial charge in [-0.1, -0.05) is 12.1 Å². The fraction of sp³-hybridized carbons (Fsp3) is 0.550. The van der Waals surface area contributed by atoms with Crippen molar-refractivity contribution >= 4 is 18.1 Å². The van der Waals surface area contributed by atoms with E-state index in [2.05, 4.69) is 16.3 Å². The van der Waals surface area contributed by atoms with Crippen LogP contribution in [-0.2, 0) is 27.0 Å². The van der Waals surface area contributed by atoms with Gasteiger partial charge in [0.1, 0.15) is 11.2 Å². The molecule has 0 unspecified atom stereocenters. The first-order valence-corrected chi connectivity index (χ1v) is 9.63. The highest BCUT2D eigenvalue weighted by molar-refractivity contribution is 5.81. The number of hydrogen-bond donors (Lipinski definition) is 3. The highest BCUT2D eigenvalue weighted by Gasteiger charge is 2.30. The minimum Gasteiger partial charge on any atom is -0.443 e. The van der Waals surface area contributed by atoms with Gasteiger partial charge in [0.25, 0.3) is 5.91 Å². The first-order chi connectivity index (χ1) is 14.4. The van der Waals surface area contributed by atoms with Gasteiger partial charge in [0.15, 0.2) is 0 Å². The first kappa shape index (κ1) is 27.0. The number of nitrogens with zero attached hydrogens (tertiary/aromatic N) is 1. The fourth-order valence-electron chi connectivity index (χ4n) is 2.22. The molecule has 0 bridgehead atoms. The van der Waals surface area contributed by atoms with Crippen molar-refractivity contribution in [3.05, 3.63) is 35.4 Å². The Kier molecular flexibility index (Phi) is 8.89. The molecule has 1 aromatic rings. The number of carbonyl (C=O) groups is 3. The SMILES string of the molecule is CC(C)(C)OC(=O)NNC(=O)CN(Cc1ccc(C(F)(F)F)cc1)NC(=O)OC(C)(C)C. The molecule has 1 aromatic carbocycles. The van der Waals surface area contributed by atoms with Crippen molar-refractivity contribution < 1.29 is 37.0 Å². The van der Waals surface area contributed by atoms with Gasteiger partial charge in [-0.15, -0.1) is 0 Å². The Morgan fingerprint density at radius 1 is 0.844 bits per heavy atom. The van der Waals surface area contributed by atoms with Gasteiger partial charge in [0, 0.05) is 6.54 Å². The second-order valence-corrected chi connectivity index (χ2v) is 8.84. The van der Waals surface area contributed by atoms with Crippen molar-refractivity contribution in [2.45, 2.75) is 65.5 Å². The molecule has 0 aromatic heterocycles. The molecule has 12 heteroatoms. The number of rotatable bonds is 5. The molecule has 3 amide bonds. The lowest BCUT2D eigenvalue weighted by Crippen LogP contribution is -2.52. The van der Waals surface area contributed by atoms with Gasteiger partial charge >= 0.3 is 18.4 Å². The molecule has 0 radical (unpaired) electrons. The largest absolute Gasteiger partial charge is 0.443 e. The molecule has 0 saturated carbocycles. The van der Waals surface area contributed by atoms with Gasteiger partial charge in [-0.3, -0.25) is 15.6 Å². The highest BCUT2D eigenvalue weighted by Crippen LogP contribution is 2.29. The highest BCUT2D eigenvalue weighted by atomic mass is 19.4. The quantitative estimate of drug-likeness (QED) is 0.578. The number of benzene rings is 1. The topological polar surface area (TPSA) is 109 Å². The number of hydrogen-bond acceptors (Lipinski definition) is 6. The molecular weight excluding hydrogens is 433 g/mol. The first-order valence-electron chi connectivity index (χ1n) is 9.63. The monoisotopic (exact) mass is 462 g/mol. The van der Waals surface area contributed by atoms with Crippen LogP contribution in [0.25, 0.3) is 0 Å². The number of ether oxygens (including phenoxy) is 2. The van der Waals surface area contributed by atoms with Crippen LogP contribution in [0.5, 0.6) is 0 Å². The van der Waals surface area contributed by atoms with Crippen molar-refractivity contribution in [3.8, 4) is 0 Å². The maximum absolute atomic E-state index is 12.8. The molecule has 0 aliphatic rings. The Balaban J connectivity index is 2.83. The molecule has 1 rings (SSSR count). The summed E-state index contributed by atoms with van der Waals surface area (Å²) < 4.78 is 48.4. The Morgan fingerprint density at radius 2 is 1.34 bits per heavy atom. The summed E-state index contributed by atoms with van der Waals surface area (Å²) in [6.07, 6.45) is -6.24. The zero-order valence-electron chi connectivity index (χ0n) is 18.8. The Bertz CT molecular complexity index is 799. The number of carbonyl (C=O) groups excluding carboxylic acids is 3. The summed E-state index contributed by atoms with van der Waals surface area (Å²) in [6, 6.07) is 4.24. The van der Waals surface area contributed by atoms with Crippen molar-refractivity contribution in [1.29, 1.82) is 0 Å². The van der Waals surface area contributed by atoms with E-state index in [1.807, 2.05) is 0 Å². The maximum Gasteiger partial charge on any atom is 0.426 e. The predicted octanol–water partition coefficient (Wildman–Crippen LogP) is 3.50. The van der Waals surface area contributed by atoms with Crippen LogP contribution < -0.4 is 16.3 Å². The lowest BCUT2D eigenvalue weighted by Gasteiger charge is -2.26. The maximum atomic E-state index is 12.8. The third-order valence-corrected chi connectivity index (χ3v) is 3.34. The third-order valence-electron chi connectivity index (χ3n) is 3.34. The number of halogens is 3. The average molecular weight is 462 g/mol. The zero-order chi connectivity index (χ0) is 24.7. The van der Waals surface area contributed by atoms with Crippen LogP contribution in [0.2, 0.25) is 0 Å². The van der Waals surface area contributed by atoms with Gasteiger partial charge in [-0.2, -0.15) is 13.2 Å². The molecule has 3 N–H and O–H groups in total. The van der Waals surface area contributed by atoms with E-state index in [1.165, 1.54) is 12.1 Å². The van der Waals surface area contributed by atoms with Crippen LogP contribution in [0.3, 0.4) is 0 Å². The van der Waals surface area contributed by atoms with Gasteiger partial charge in [-0.05, 0) is 59.2 Å². The van der Waals surface area contributed by atoms with Crippen LogP contribution in [-0.4, -0.2) is 40.8 Å². The van der Waals surface area contributed by atoms with Crippen LogP contribution in [0.15, 0.2) is 24.3 Å². The van der Waals surface area contributed by atoms with Crippen molar-refractivity contribution in [1.82, 2.24) is 21.3 Å². The predicted molar refractivity (Wildman–Crippen MR) is 109 cm³/mol. The van der Waals surface area contributed by atoms with Crippen molar-refractivity contribution in [2.75, 3.05) is 6.54 Å². The summed E-state index contributed by atoms with van der Waals surface area (Å²) in [4.78, 5) is 36.0. The molecular formula is C20H29F3N4O5. The van der Waals surface area contributed by atoms with Gasteiger partial charge in [0.05, 0.1) is 12.1 Å². The molecule has 0 atom stereocenters. The number of hydrazine groups is 2. The molecule has 0 saturated heterocycles. The Morgan fingerprint density at radius 3 is 1.81 bits per heavy atom. The second kappa shape index (κ2) is 10.5. The molecule has 32 heavy (non-hydrogen) atoms. The van der Waals surface area contributed by atoms with Crippen LogP contribution in [0, 0.1) is 0 Å². The summed E-state index contributed by atoms with van der Waals surface area (Å²) in [6.45, 7) is 9.30. The summed E-state index contributed by atoms with van der Waals surface area (Å²) in [5.41, 5.74) is 4.54. The number of nitrogens with one attached hydrogen (secondary N) is 3. The van der Waals surface area contributed by atoms with Crippen LogP contribution >= 0.6 is 0 Å². The summed E-state index contributed by atoms with van der Waals surface area (Å²) in [7, 11) is 0. The molecule has 0 aliphatic heterocycles. The standard InChI is InChI=1S/C20H29F3N4O5/c1-18(2,3)31-16(29)25-24-15(28)12-27(26-17(30)32-19(4,5)6)11-13-7-9-14(10-8-13)20(21,22)23/h7-10H,11-12H2,1-6H3,(H,24,28)(H,25,29)(H,26,30). The molecule has 0 fully saturated rings. The molecule has 9 nitrogen and oxygen atoms in total. The molecule has 0 heterocycles.